The van der Waals surface area contributed by atoms with E-state index >= 15 is 0 Å². The maximum absolute atomic E-state index is 5.88. The summed E-state index contributed by atoms with van der Waals surface area (Å²) in [5, 5.41) is 2.10. The van der Waals surface area contributed by atoms with Gasteiger partial charge in [-0.2, -0.15) is 4.98 Å². The molecule has 4 nitrogen and oxygen atoms in total. The second kappa shape index (κ2) is 5.03. The first-order chi connectivity index (χ1) is 9.26. The van der Waals surface area contributed by atoms with Crippen LogP contribution in [-0.4, -0.2) is 17.1 Å². The Kier molecular flexibility index (Phi) is 3.23. The summed E-state index contributed by atoms with van der Waals surface area (Å²) in [7, 11) is 1.62. The summed E-state index contributed by atoms with van der Waals surface area (Å²) in [6.45, 7) is 0. The lowest BCUT2D eigenvalue weighted by Gasteiger charge is -2.06. The molecule has 3 aromatic rings. The fourth-order valence-corrected chi connectivity index (χ4v) is 2.56. The van der Waals surface area contributed by atoms with E-state index < -0.39 is 0 Å². The minimum atomic E-state index is 0.175. The number of rotatable bonds is 3. The topological polar surface area (TPSA) is 44.2 Å². The largest absolute Gasteiger partial charge is 0.497 e. The summed E-state index contributed by atoms with van der Waals surface area (Å²) in [5.74, 6) is 1.91. The van der Waals surface area contributed by atoms with Crippen molar-refractivity contribution >= 4 is 33.2 Å². The number of nitrogens with zero attached hydrogens (tertiary/aromatic N) is 2. The predicted molar refractivity (Wildman–Crippen MR) is 75.5 cm³/mol. The number of thiophene rings is 1. The monoisotopic (exact) mass is 292 g/mol. The number of methoxy groups -OCH3 is 1. The first kappa shape index (κ1) is 12.2. The molecule has 6 heteroatoms. The fraction of sp³-hybridized carbons (Fsp3) is 0.0769. The van der Waals surface area contributed by atoms with Crippen LogP contribution in [0.1, 0.15) is 0 Å². The summed E-state index contributed by atoms with van der Waals surface area (Å²) < 4.78 is 11.7. The van der Waals surface area contributed by atoms with Gasteiger partial charge in [-0.1, -0.05) is 0 Å². The lowest BCUT2D eigenvalue weighted by molar-refractivity contribution is 0.412. The van der Waals surface area contributed by atoms with Crippen molar-refractivity contribution in [3.63, 3.8) is 0 Å². The van der Waals surface area contributed by atoms with E-state index in [1.165, 1.54) is 11.3 Å². The Morgan fingerprint density at radius 2 is 1.79 bits per heavy atom. The van der Waals surface area contributed by atoms with Crippen LogP contribution >= 0.6 is 22.9 Å². The molecule has 96 valence electrons. The van der Waals surface area contributed by atoms with Gasteiger partial charge in [-0.25, -0.2) is 4.98 Å². The third-order valence-corrected chi connectivity index (χ3v) is 3.58. The molecule has 19 heavy (non-hydrogen) atoms. The number of benzene rings is 1. The highest BCUT2D eigenvalue weighted by Gasteiger charge is 2.10. The highest BCUT2D eigenvalue weighted by Crippen LogP contribution is 2.32. The van der Waals surface area contributed by atoms with Gasteiger partial charge in [0.05, 0.1) is 12.6 Å². The lowest BCUT2D eigenvalue weighted by atomic mass is 10.3. The second-order valence-electron chi connectivity index (χ2n) is 3.71. The van der Waals surface area contributed by atoms with Crippen LogP contribution in [0.15, 0.2) is 35.7 Å². The number of aromatic nitrogens is 2. The van der Waals surface area contributed by atoms with Crippen LogP contribution in [-0.2, 0) is 0 Å². The Bertz CT molecular complexity index is 712. The third-order valence-electron chi connectivity index (χ3n) is 2.52. The zero-order chi connectivity index (χ0) is 13.2. The molecule has 0 unspecified atom stereocenters. The average Bonchev–Trinajstić information content (AvgIpc) is 2.88. The van der Waals surface area contributed by atoms with Crippen molar-refractivity contribution < 1.29 is 9.47 Å². The Balaban J connectivity index is 1.97. The van der Waals surface area contributed by atoms with Crippen molar-refractivity contribution in [3.05, 3.63) is 41.0 Å². The Morgan fingerprint density at radius 3 is 2.53 bits per heavy atom. The van der Waals surface area contributed by atoms with E-state index in [1.807, 2.05) is 35.7 Å². The summed E-state index contributed by atoms with van der Waals surface area (Å²) in [5.41, 5.74) is 0.786. The maximum Gasteiger partial charge on any atom is 0.241 e. The molecule has 1 aromatic carbocycles. The maximum atomic E-state index is 5.88. The predicted octanol–water partition coefficient (Wildman–Crippen LogP) is 4.15. The molecule has 0 saturated carbocycles. The molecule has 0 radical (unpaired) electrons. The molecular weight excluding hydrogens is 284 g/mol. The highest BCUT2D eigenvalue weighted by molar-refractivity contribution is 7.17. The SMILES string of the molecule is COc1ccc(Oc2nc(Cl)nc3ccsc23)cc1. The van der Waals surface area contributed by atoms with Gasteiger partial charge in [0, 0.05) is 0 Å². The number of halogens is 1. The van der Waals surface area contributed by atoms with Gasteiger partial charge in [-0.05, 0) is 47.3 Å². The van der Waals surface area contributed by atoms with Crippen LogP contribution in [0.3, 0.4) is 0 Å². The van der Waals surface area contributed by atoms with Gasteiger partial charge in [-0.3, -0.25) is 0 Å². The quantitative estimate of drug-likeness (QED) is 0.680. The average molecular weight is 293 g/mol. The molecule has 0 atom stereocenters. The number of hydrogen-bond donors (Lipinski definition) is 0. The summed E-state index contributed by atoms with van der Waals surface area (Å²) in [6, 6.07) is 9.16. The zero-order valence-electron chi connectivity index (χ0n) is 9.96. The summed E-state index contributed by atoms with van der Waals surface area (Å²) >= 11 is 7.39. The zero-order valence-corrected chi connectivity index (χ0v) is 11.5. The van der Waals surface area contributed by atoms with Crippen molar-refractivity contribution in [2.75, 3.05) is 7.11 Å². The molecule has 0 saturated heterocycles. The van der Waals surface area contributed by atoms with Gasteiger partial charge in [0.1, 0.15) is 16.2 Å². The van der Waals surface area contributed by atoms with E-state index in [1.54, 1.807) is 7.11 Å². The van der Waals surface area contributed by atoms with E-state index in [4.69, 9.17) is 21.1 Å². The summed E-state index contributed by atoms with van der Waals surface area (Å²) in [4.78, 5) is 8.25. The van der Waals surface area contributed by atoms with Gasteiger partial charge >= 0.3 is 0 Å². The normalized spacial score (nSPS) is 10.6. The summed E-state index contributed by atoms with van der Waals surface area (Å²) in [6.07, 6.45) is 0. The lowest BCUT2D eigenvalue weighted by Crippen LogP contribution is -1.91. The molecule has 2 aromatic heterocycles. The van der Waals surface area contributed by atoms with Crippen LogP contribution in [0.25, 0.3) is 10.2 Å². The molecule has 0 aliphatic heterocycles. The van der Waals surface area contributed by atoms with Crippen molar-refractivity contribution in [2.24, 2.45) is 0 Å². The molecule has 0 aliphatic rings. The molecule has 2 heterocycles. The molecule has 0 fully saturated rings. The number of fused-ring (bicyclic) bond motifs is 1. The molecule has 0 spiro atoms. The standard InChI is InChI=1S/C13H9ClN2O2S/c1-17-8-2-4-9(5-3-8)18-12-11-10(6-7-19-11)15-13(14)16-12/h2-7H,1H3. The minimum absolute atomic E-state index is 0.175. The van der Waals surface area contributed by atoms with Crippen molar-refractivity contribution in [1.29, 1.82) is 0 Å². The van der Waals surface area contributed by atoms with E-state index in [2.05, 4.69) is 9.97 Å². The van der Waals surface area contributed by atoms with Gasteiger partial charge in [0.25, 0.3) is 0 Å². The first-order valence-electron chi connectivity index (χ1n) is 5.49. The van der Waals surface area contributed by atoms with E-state index in [0.717, 1.165) is 16.0 Å². The van der Waals surface area contributed by atoms with Gasteiger partial charge in [0.2, 0.25) is 11.2 Å². The van der Waals surface area contributed by atoms with Crippen molar-refractivity contribution in [3.8, 4) is 17.4 Å². The minimum Gasteiger partial charge on any atom is -0.497 e. The van der Waals surface area contributed by atoms with Crippen LogP contribution in [0.4, 0.5) is 0 Å². The molecule has 0 N–H and O–H groups in total. The third kappa shape index (κ3) is 2.47. The molecule has 3 rings (SSSR count). The molecule has 0 bridgehead atoms. The molecule has 0 amide bonds. The van der Waals surface area contributed by atoms with Crippen LogP contribution < -0.4 is 9.47 Å². The first-order valence-corrected chi connectivity index (χ1v) is 6.74. The Hall–Kier alpha value is -1.85. The van der Waals surface area contributed by atoms with E-state index in [9.17, 15) is 0 Å². The second-order valence-corrected chi connectivity index (χ2v) is 4.96. The van der Waals surface area contributed by atoms with Gasteiger partial charge in [0.15, 0.2) is 0 Å². The number of hydrogen-bond acceptors (Lipinski definition) is 5. The fourth-order valence-electron chi connectivity index (χ4n) is 1.63. The smallest absolute Gasteiger partial charge is 0.241 e. The van der Waals surface area contributed by atoms with Crippen LogP contribution in [0.5, 0.6) is 17.4 Å². The van der Waals surface area contributed by atoms with E-state index in [-0.39, 0.29) is 5.28 Å². The van der Waals surface area contributed by atoms with Crippen molar-refractivity contribution in [1.82, 2.24) is 9.97 Å². The van der Waals surface area contributed by atoms with Gasteiger partial charge < -0.3 is 9.47 Å². The molecular formula is C13H9ClN2O2S. The van der Waals surface area contributed by atoms with Gasteiger partial charge in [-0.15, -0.1) is 11.3 Å². The van der Waals surface area contributed by atoms with E-state index in [0.29, 0.717) is 11.6 Å². The Morgan fingerprint density at radius 1 is 1.05 bits per heavy atom. The van der Waals surface area contributed by atoms with Crippen LogP contribution in [0, 0.1) is 0 Å². The molecule has 0 aliphatic carbocycles. The van der Waals surface area contributed by atoms with Crippen LogP contribution in [0.2, 0.25) is 5.28 Å². The Labute approximate surface area is 118 Å². The number of ether oxygens (including phenoxy) is 2. The van der Waals surface area contributed by atoms with Crippen molar-refractivity contribution in [2.45, 2.75) is 0 Å². The highest BCUT2D eigenvalue weighted by atomic mass is 35.5.